The van der Waals surface area contributed by atoms with Crippen molar-refractivity contribution in [1.29, 1.82) is 5.26 Å². The molecule has 4 N–H and O–H groups in total. The lowest BCUT2D eigenvalue weighted by Crippen LogP contribution is -2.26. The normalized spacial score (nSPS) is 9.25. The van der Waals surface area contributed by atoms with Crippen LogP contribution in [0, 0.1) is 11.3 Å². The molecule has 84 valence electrons. The summed E-state index contributed by atoms with van der Waals surface area (Å²) in [5.74, 6) is -0.0689. The lowest BCUT2D eigenvalue weighted by molar-refractivity contribution is -0.118. The van der Waals surface area contributed by atoms with Gasteiger partial charge >= 0.3 is 0 Å². The first-order valence-electron chi connectivity index (χ1n) is 4.91. The molecule has 1 aromatic rings. The van der Waals surface area contributed by atoms with Gasteiger partial charge in [0, 0.05) is 20.0 Å². The smallest absolute Gasteiger partial charge is 0.216 e. The van der Waals surface area contributed by atoms with E-state index in [2.05, 4.69) is 10.6 Å². The van der Waals surface area contributed by atoms with Gasteiger partial charge in [0.05, 0.1) is 23.0 Å². The first-order chi connectivity index (χ1) is 7.63. The van der Waals surface area contributed by atoms with E-state index in [1.54, 1.807) is 18.2 Å². The maximum atomic E-state index is 10.6. The molecule has 1 aromatic carbocycles. The highest BCUT2D eigenvalue weighted by Gasteiger charge is 2.00. The zero-order valence-electron chi connectivity index (χ0n) is 9.08. The van der Waals surface area contributed by atoms with Crippen LogP contribution in [0.4, 0.5) is 11.4 Å². The Morgan fingerprint density at radius 1 is 1.50 bits per heavy atom. The van der Waals surface area contributed by atoms with Crippen molar-refractivity contribution in [3.05, 3.63) is 23.8 Å². The third-order valence-corrected chi connectivity index (χ3v) is 2.00. The summed E-state index contributed by atoms with van der Waals surface area (Å²) in [5, 5.41) is 14.4. The summed E-state index contributed by atoms with van der Waals surface area (Å²) in [6, 6.07) is 7.06. The average molecular weight is 218 g/mol. The van der Waals surface area contributed by atoms with Crippen LogP contribution < -0.4 is 16.4 Å². The third-order valence-electron chi connectivity index (χ3n) is 2.00. The van der Waals surface area contributed by atoms with E-state index in [4.69, 9.17) is 11.0 Å². The number of nitrogens with two attached hydrogens (primary N) is 1. The number of nitrogens with one attached hydrogen (secondary N) is 2. The fraction of sp³-hybridized carbons (Fsp3) is 0.273. The fourth-order valence-corrected chi connectivity index (χ4v) is 1.21. The van der Waals surface area contributed by atoms with Crippen LogP contribution in [0.2, 0.25) is 0 Å². The molecule has 0 aromatic heterocycles. The number of nitrogen functional groups attached to an aromatic ring is 1. The Labute approximate surface area is 94.2 Å². The van der Waals surface area contributed by atoms with E-state index in [9.17, 15) is 4.79 Å². The molecule has 0 atom stereocenters. The van der Waals surface area contributed by atoms with Crippen molar-refractivity contribution in [2.24, 2.45) is 0 Å². The number of anilines is 2. The Balaban J connectivity index is 2.53. The number of rotatable bonds is 4. The minimum atomic E-state index is -0.0689. The summed E-state index contributed by atoms with van der Waals surface area (Å²) in [7, 11) is 0. The summed E-state index contributed by atoms with van der Waals surface area (Å²) in [6.07, 6.45) is 0. The van der Waals surface area contributed by atoms with Crippen LogP contribution in [-0.2, 0) is 4.79 Å². The summed E-state index contributed by atoms with van der Waals surface area (Å²) >= 11 is 0. The number of amides is 1. The molecule has 0 saturated carbocycles. The van der Waals surface area contributed by atoms with E-state index in [0.717, 1.165) is 0 Å². The molecule has 1 rings (SSSR count). The van der Waals surface area contributed by atoms with Crippen LogP contribution in [0.3, 0.4) is 0 Å². The van der Waals surface area contributed by atoms with Crippen LogP contribution in [0.1, 0.15) is 12.5 Å². The highest BCUT2D eigenvalue weighted by atomic mass is 16.1. The van der Waals surface area contributed by atoms with E-state index < -0.39 is 0 Å². The van der Waals surface area contributed by atoms with Crippen molar-refractivity contribution in [3.63, 3.8) is 0 Å². The minimum Gasteiger partial charge on any atom is -0.397 e. The zero-order valence-corrected chi connectivity index (χ0v) is 9.08. The maximum Gasteiger partial charge on any atom is 0.216 e. The topological polar surface area (TPSA) is 90.9 Å². The fourth-order valence-electron chi connectivity index (χ4n) is 1.21. The quantitative estimate of drug-likeness (QED) is 0.512. The minimum absolute atomic E-state index is 0.0689. The molecule has 0 aliphatic carbocycles. The predicted molar refractivity (Wildman–Crippen MR) is 62.7 cm³/mol. The van der Waals surface area contributed by atoms with E-state index in [1.807, 2.05) is 6.07 Å². The van der Waals surface area contributed by atoms with E-state index in [1.165, 1.54) is 6.92 Å². The molecule has 0 saturated heterocycles. The molecule has 5 nitrogen and oxygen atoms in total. The van der Waals surface area contributed by atoms with Gasteiger partial charge in [0.1, 0.15) is 0 Å². The van der Waals surface area contributed by atoms with Gasteiger partial charge in [-0.15, -0.1) is 0 Å². The van der Waals surface area contributed by atoms with Crippen molar-refractivity contribution < 1.29 is 4.79 Å². The molecular weight excluding hydrogens is 204 g/mol. The lowest BCUT2D eigenvalue weighted by atomic mass is 10.2. The molecule has 0 bridgehead atoms. The van der Waals surface area contributed by atoms with E-state index >= 15 is 0 Å². The highest BCUT2D eigenvalue weighted by molar-refractivity contribution is 5.73. The summed E-state index contributed by atoms with van der Waals surface area (Å²) in [6.45, 7) is 2.55. The Kier molecular flexibility index (Phi) is 4.16. The number of hydrogen-bond acceptors (Lipinski definition) is 4. The summed E-state index contributed by atoms with van der Waals surface area (Å²) in [5.41, 5.74) is 7.58. The monoisotopic (exact) mass is 218 g/mol. The number of nitrogens with zero attached hydrogens (tertiary/aromatic N) is 1. The number of carbonyl (C=O) groups is 1. The van der Waals surface area contributed by atoms with Gasteiger partial charge in [0.15, 0.2) is 0 Å². The molecule has 5 heteroatoms. The second-order valence-electron chi connectivity index (χ2n) is 3.32. The van der Waals surface area contributed by atoms with Crippen molar-refractivity contribution in [1.82, 2.24) is 5.32 Å². The maximum absolute atomic E-state index is 10.6. The molecule has 0 unspecified atom stereocenters. The van der Waals surface area contributed by atoms with Crippen LogP contribution >= 0.6 is 0 Å². The van der Waals surface area contributed by atoms with Gasteiger partial charge in [-0.3, -0.25) is 4.79 Å². The Hall–Kier alpha value is -2.22. The Bertz CT molecular complexity index is 422. The molecule has 0 spiro atoms. The Morgan fingerprint density at radius 3 is 2.88 bits per heavy atom. The zero-order chi connectivity index (χ0) is 12.0. The Morgan fingerprint density at radius 2 is 2.25 bits per heavy atom. The molecule has 0 fully saturated rings. The molecule has 0 heterocycles. The lowest BCUT2D eigenvalue weighted by Gasteiger charge is -2.09. The van der Waals surface area contributed by atoms with Crippen molar-refractivity contribution in [2.75, 3.05) is 24.1 Å². The number of hydrogen-bond donors (Lipinski definition) is 3. The van der Waals surface area contributed by atoms with Crippen molar-refractivity contribution in [2.45, 2.75) is 6.92 Å². The van der Waals surface area contributed by atoms with Crippen LogP contribution in [-0.4, -0.2) is 19.0 Å². The molecule has 0 aliphatic rings. The highest BCUT2D eigenvalue weighted by Crippen LogP contribution is 2.18. The second-order valence-corrected chi connectivity index (χ2v) is 3.32. The molecule has 1 amide bonds. The first kappa shape index (κ1) is 11.9. The first-order valence-corrected chi connectivity index (χ1v) is 4.91. The number of carbonyl (C=O) groups excluding carboxylic acids is 1. The van der Waals surface area contributed by atoms with Gasteiger partial charge < -0.3 is 16.4 Å². The van der Waals surface area contributed by atoms with Crippen molar-refractivity contribution in [3.8, 4) is 6.07 Å². The third kappa shape index (κ3) is 3.50. The SMILES string of the molecule is CC(=O)NCCNc1cc(C#N)ccc1N. The van der Waals surface area contributed by atoms with Crippen LogP contribution in [0.15, 0.2) is 18.2 Å². The van der Waals surface area contributed by atoms with Gasteiger partial charge in [0.2, 0.25) is 5.91 Å². The standard InChI is InChI=1S/C11H14N4O/c1-8(16)14-4-5-15-11-6-9(7-12)2-3-10(11)13/h2-3,6,15H,4-5,13H2,1H3,(H,14,16). The molecular formula is C11H14N4O. The van der Waals surface area contributed by atoms with Gasteiger partial charge in [0.25, 0.3) is 0 Å². The molecule has 16 heavy (non-hydrogen) atoms. The van der Waals surface area contributed by atoms with Crippen molar-refractivity contribution >= 4 is 17.3 Å². The van der Waals surface area contributed by atoms with Gasteiger partial charge in [-0.05, 0) is 18.2 Å². The van der Waals surface area contributed by atoms with E-state index in [-0.39, 0.29) is 5.91 Å². The molecule has 0 aliphatic heterocycles. The second kappa shape index (κ2) is 5.61. The van der Waals surface area contributed by atoms with Gasteiger partial charge in [-0.1, -0.05) is 0 Å². The van der Waals surface area contributed by atoms with Gasteiger partial charge in [-0.2, -0.15) is 5.26 Å². The summed E-state index contributed by atoms with van der Waals surface area (Å²) in [4.78, 5) is 10.6. The largest absolute Gasteiger partial charge is 0.397 e. The van der Waals surface area contributed by atoms with Gasteiger partial charge in [-0.25, -0.2) is 0 Å². The average Bonchev–Trinajstić information content (AvgIpc) is 2.26. The summed E-state index contributed by atoms with van der Waals surface area (Å²) < 4.78 is 0. The number of nitriles is 1. The molecule has 0 radical (unpaired) electrons. The number of benzene rings is 1. The van der Waals surface area contributed by atoms with Crippen LogP contribution in [0.25, 0.3) is 0 Å². The van der Waals surface area contributed by atoms with Crippen LogP contribution in [0.5, 0.6) is 0 Å². The predicted octanol–water partition coefficient (Wildman–Crippen LogP) is 0.688. The van der Waals surface area contributed by atoms with E-state index in [0.29, 0.717) is 30.0 Å².